The molecule has 3 heteroatoms. The van der Waals surface area contributed by atoms with Crippen LogP contribution in [0.3, 0.4) is 0 Å². The highest BCUT2D eigenvalue weighted by molar-refractivity contribution is 8.12. The summed E-state index contributed by atoms with van der Waals surface area (Å²) in [6.45, 7) is 0. The maximum absolute atomic E-state index is 4.14. The zero-order valence-corrected chi connectivity index (χ0v) is 6.58. The lowest BCUT2D eigenvalue weighted by Crippen LogP contribution is -1.69. The summed E-state index contributed by atoms with van der Waals surface area (Å²) in [6.07, 6.45) is 1.57. The molecule has 0 aromatic heterocycles. The van der Waals surface area contributed by atoms with E-state index in [-0.39, 0.29) is 0 Å². The number of hydrogen-bond donors (Lipinski definition) is 0. The number of nitrogens with zero attached hydrogens (tertiary/aromatic N) is 2. The number of fused-ring (bicyclic) bond motifs is 1. The van der Waals surface area contributed by atoms with Crippen molar-refractivity contribution in [3.8, 4) is 0 Å². The molecule has 0 unspecified atom stereocenters. The van der Waals surface area contributed by atoms with Gasteiger partial charge in [-0.3, -0.25) is 0 Å². The molecule has 2 nitrogen and oxygen atoms in total. The maximum atomic E-state index is 4.14. The highest BCUT2D eigenvalue weighted by Crippen LogP contribution is 2.28. The molecule has 0 atom stereocenters. The minimum Gasteiger partial charge on any atom is -0.238 e. The van der Waals surface area contributed by atoms with E-state index in [1.54, 1.807) is 23.6 Å². The first-order valence-electron chi connectivity index (χ1n) is 3.27. The van der Waals surface area contributed by atoms with Crippen LogP contribution in [0, 0.1) is 0 Å². The zero-order valence-electron chi connectivity index (χ0n) is 5.77. The first kappa shape index (κ1) is 6.61. The van der Waals surface area contributed by atoms with Gasteiger partial charge in [-0.15, -0.1) is 0 Å². The van der Waals surface area contributed by atoms with Crippen molar-refractivity contribution in [1.29, 1.82) is 0 Å². The molecule has 0 radical (unpaired) electrons. The zero-order chi connectivity index (χ0) is 7.52. The third kappa shape index (κ3) is 1.33. The predicted molar refractivity (Wildman–Crippen MR) is 48.9 cm³/mol. The van der Waals surface area contributed by atoms with Gasteiger partial charge in [0.2, 0.25) is 0 Å². The van der Waals surface area contributed by atoms with Crippen LogP contribution in [0.4, 0.5) is 5.69 Å². The van der Waals surface area contributed by atoms with E-state index < -0.39 is 0 Å². The summed E-state index contributed by atoms with van der Waals surface area (Å²) < 4.78 is 0. The average Bonchev–Trinajstić information content (AvgIpc) is 2.28. The van der Waals surface area contributed by atoms with Gasteiger partial charge in [0.05, 0.1) is 11.2 Å². The molecule has 54 valence electrons. The molecular weight excluding hydrogens is 156 g/mol. The summed E-state index contributed by atoms with van der Waals surface area (Å²) in [5.74, 6) is 0. The third-order valence-electron chi connectivity index (χ3n) is 1.37. The van der Waals surface area contributed by atoms with Gasteiger partial charge in [-0.25, -0.2) is 9.98 Å². The topological polar surface area (TPSA) is 24.7 Å². The van der Waals surface area contributed by atoms with Gasteiger partial charge in [0.25, 0.3) is 0 Å². The summed E-state index contributed by atoms with van der Waals surface area (Å²) in [7, 11) is 0. The van der Waals surface area contributed by atoms with Crippen molar-refractivity contribution in [2.45, 2.75) is 4.90 Å². The molecule has 2 rings (SSSR count). The van der Waals surface area contributed by atoms with Crippen molar-refractivity contribution < 1.29 is 0 Å². The van der Waals surface area contributed by atoms with Crippen LogP contribution in [-0.4, -0.2) is 11.9 Å². The fourth-order valence-corrected chi connectivity index (χ4v) is 1.50. The lowest BCUT2D eigenvalue weighted by atomic mass is 10.3. The Balaban J connectivity index is 2.52. The fourth-order valence-electron chi connectivity index (χ4n) is 0.873. The third-order valence-corrected chi connectivity index (χ3v) is 2.20. The largest absolute Gasteiger partial charge is 0.238 e. The minimum absolute atomic E-state index is 0.995. The summed E-state index contributed by atoms with van der Waals surface area (Å²) in [5, 5.41) is 0. The highest BCUT2D eigenvalue weighted by Gasteiger charge is 1.99. The van der Waals surface area contributed by atoms with Crippen LogP contribution in [0.1, 0.15) is 0 Å². The maximum Gasteiger partial charge on any atom is 0.116 e. The minimum atomic E-state index is 0.995. The van der Waals surface area contributed by atoms with Gasteiger partial charge < -0.3 is 0 Å². The van der Waals surface area contributed by atoms with Crippen molar-refractivity contribution in [2.24, 2.45) is 9.98 Å². The Bertz CT molecular complexity index is 318. The van der Waals surface area contributed by atoms with Crippen molar-refractivity contribution in [3.05, 3.63) is 24.3 Å². The van der Waals surface area contributed by atoms with Gasteiger partial charge in [-0.2, -0.15) is 0 Å². The van der Waals surface area contributed by atoms with Crippen LogP contribution in [0.2, 0.25) is 0 Å². The Morgan fingerprint density at radius 2 is 2.09 bits per heavy atom. The second-order valence-electron chi connectivity index (χ2n) is 2.08. The van der Waals surface area contributed by atoms with Crippen LogP contribution < -0.4 is 0 Å². The molecule has 1 aliphatic rings. The van der Waals surface area contributed by atoms with Crippen LogP contribution >= 0.6 is 11.8 Å². The second-order valence-corrected chi connectivity index (χ2v) is 2.97. The standard InChI is InChI=1S/C8H6N2S/c1-2-4-8-7(3-1)10-5-9-6-11-8/h1-6H. The van der Waals surface area contributed by atoms with E-state index in [9.17, 15) is 0 Å². The molecule has 1 heterocycles. The molecular formula is C8H6N2S. The summed E-state index contributed by atoms with van der Waals surface area (Å²) >= 11 is 1.59. The quantitative estimate of drug-likeness (QED) is 0.575. The monoisotopic (exact) mass is 162 g/mol. The van der Waals surface area contributed by atoms with E-state index in [1.165, 1.54) is 0 Å². The van der Waals surface area contributed by atoms with Gasteiger partial charge in [-0.1, -0.05) is 23.9 Å². The molecule has 0 aliphatic carbocycles. The molecule has 0 saturated carbocycles. The fraction of sp³-hybridized carbons (Fsp3) is 0. The van der Waals surface area contributed by atoms with E-state index in [2.05, 4.69) is 9.98 Å². The first-order valence-corrected chi connectivity index (χ1v) is 4.15. The molecule has 0 saturated heterocycles. The lowest BCUT2D eigenvalue weighted by Gasteiger charge is -1.96. The van der Waals surface area contributed by atoms with Gasteiger partial charge in [-0.05, 0) is 12.1 Å². The Labute approximate surface area is 69.1 Å². The molecule has 0 fully saturated rings. The Morgan fingerprint density at radius 1 is 1.18 bits per heavy atom. The number of para-hydroxylation sites is 1. The van der Waals surface area contributed by atoms with E-state index in [1.807, 2.05) is 24.3 Å². The summed E-state index contributed by atoms with van der Waals surface area (Å²) in [6, 6.07) is 7.99. The SMILES string of the molecule is C1=NC=Nc2ccccc2S1. The number of rotatable bonds is 0. The Morgan fingerprint density at radius 3 is 3.09 bits per heavy atom. The van der Waals surface area contributed by atoms with E-state index in [0.29, 0.717) is 0 Å². The van der Waals surface area contributed by atoms with Crippen molar-refractivity contribution in [2.75, 3.05) is 0 Å². The van der Waals surface area contributed by atoms with E-state index in [4.69, 9.17) is 0 Å². The van der Waals surface area contributed by atoms with E-state index in [0.717, 1.165) is 10.6 Å². The lowest BCUT2D eigenvalue weighted by molar-refractivity contribution is 1.39. The predicted octanol–water partition coefficient (Wildman–Crippen LogP) is 2.48. The van der Waals surface area contributed by atoms with Crippen molar-refractivity contribution >= 4 is 29.3 Å². The number of aliphatic imine (C=N–C) groups is 2. The number of hydrogen-bond acceptors (Lipinski definition) is 3. The molecule has 11 heavy (non-hydrogen) atoms. The average molecular weight is 162 g/mol. The first-order chi connectivity index (χ1) is 5.47. The van der Waals surface area contributed by atoms with Crippen LogP contribution in [0.25, 0.3) is 0 Å². The summed E-state index contributed by atoms with van der Waals surface area (Å²) in [5.41, 5.74) is 2.78. The second kappa shape index (κ2) is 2.88. The molecule has 0 bridgehead atoms. The van der Waals surface area contributed by atoms with Gasteiger partial charge >= 0.3 is 0 Å². The number of thioether (sulfide) groups is 1. The van der Waals surface area contributed by atoms with Crippen LogP contribution in [-0.2, 0) is 0 Å². The molecule has 0 amide bonds. The van der Waals surface area contributed by atoms with Crippen molar-refractivity contribution in [3.63, 3.8) is 0 Å². The van der Waals surface area contributed by atoms with Crippen LogP contribution in [0.5, 0.6) is 0 Å². The molecule has 0 spiro atoms. The molecule has 1 aromatic carbocycles. The smallest absolute Gasteiger partial charge is 0.116 e. The van der Waals surface area contributed by atoms with Gasteiger partial charge in [0.1, 0.15) is 6.34 Å². The van der Waals surface area contributed by atoms with Crippen LogP contribution in [0.15, 0.2) is 39.1 Å². The number of benzene rings is 1. The highest BCUT2D eigenvalue weighted by atomic mass is 32.2. The molecule has 1 aliphatic heterocycles. The van der Waals surface area contributed by atoms with Gasteiger partial charge in [0.15, 0.2) is 0 Å². The van der Waals surface area contributed by atoms with Gasteiger partial charge in [0, 0.05) is 4.90 Å². The molecule has 1 aromatic rings. The normalized spacial score (nSPS) is 14.2. The Kier molecular flexibility index (Phi) is 1.73. The summed E-state index contributed by atoms with van der Waals surface area (Å²) in [4.78, 5) is 9.23. The Hall–Kier alpha value is -1.09. The van der Waals surface area contributed by atoms with E-state index >= 15 is 0 Å². The van der Waals surface area contributed by atoms with Crippen molar-refractivity contribution in [1.82, 2.24) is 0 Å². The molecule has 0 N–H and O–H groups in total.